The predicted octanol–water partition coefficient (Wildman–Crippen LogP) is 2.94. The number of hydrogen-bond donors (Lipinski definition) is 0. The summed E-state index contributed by atoms with van der Waals surface area (Å²) in [4.78, 5) is 0. The first-order chi connectivity index (χ1) is 8.43. The van der Waals surface area contributed by atoms with Crippen molar-refractivity contribution in [1.82, 2.24) is 0 Å². The Labute approximate surface area is 119 Å². The van der Waals surface area contributed by atoms with E-state index in [4.69, 9.17) is 13.7 Å². The molecule has 1 aliphatic heterocycles. The summed E-state index contributed by atoms with van der Waals surface area (Å²) in [5, 5.41) is 0. The Balaban J connectivity index is 1.92. The van der Waals surface area contributed by atoms with Crippen LogP contribution in [0.1, 0.15) is 25.7 Å². The van der Waals surface area contributed by atoms with E-state index in [1.165, 1.54) is 9.21 Å². The van der Waals surface area contributed by atoms with E-state index < -0.39 is 0 Å². The lowest BCUT2D eigenvalue weighted by atomic mass is 10.2. The average molecular weight is 366 g/mol. The molecule has 1 aliphatic rings. The lowest BCUT2D eigenvalue weighted by molar-refractivity contribution is -0.0474. The summed E-state index contributed by atoms with van der Waals surface area (Å²) in [6, 6.07) is 0. The van der Waals surface area contributed by atoms with Gasteiger partial charge in [0.15, 0.2) is 6.29 Å². The minimum Gasteiger partial charge on any atom is -0.350 e. The molecule has 0 unspecified atom stereocenters. The summed E-state index contributed by atoms with van der Waals surface area (Å²) >= 11 is 2.07. The summed E-state index contributed by atoms with van der Waals surface area (Å²) in [6.45, 7) is 1.92. The van der Waals surface area contributed by atoms with Crippen LogP contribution in [0.25, 0.3) is 0 Å². The molecule has 17 heavy (non-hydrogen) atoms. The molecular formula is C12H15IO3S. The highest BCUT2D eigenvalue weighted by atomic mass is 127. The van der Waals surface area contributed by atoms with Crippen LogP contribution in [-0.4, -0.2) is 26.1 Å². The van der Waals surface area contributed by atoms with Crippen LogP contribution in [0.2, 0.25) is 0 Å². The molecule has 3 nitrogen and oxygen atoms in total. The molecule has 1 fully saturated rings. The van der Waals surface area contributed by atoms with Gasteiger partial charge in [-0.1, -0.05) is 17.8 Å². The summed E-state index contributed by atoms with van der Waals surface area (Å²) < 4.78 is 15.6. The molecule has 1 heterocycles. The standard InChI is InChI=1S/C12H15IO3S/c13-17-16-9-7-5-3-1-2-4-6-8-12-14-10-11-15-12/h12H,3-4,6,8-11H2. The maximum absolute atomic E-state index is 5.33. The minimum atomic E-state index is -0.000447. The van der Waals surface area contributed by atoms with E-state index in [1.54, 1.807) is 0 Å². The largest absolute Gasteiger partial charge is 0.350 e. The van der Waals surface area contributed by atoms with Crippen molar-refractivity contribution in [3.63, 3.8) is 0 Å². The number of rotatable bonds is 5. The normalized spacial score (nSPS) is 14.9. The Morgan fingerprint density at radius 2 is 1.94 bits per heavy atom. The van der Waals surface area contributed by atoms with Crippen LogP contribution in [0.4, 0.5) is 0 Å². The molecule has 0 aliphatic carbocycles. The summed E-state index contributed by atoms with van der Waals surface area (Å²) in [5.41, 5.74) is 0. The molecule has 0 bridgehead atoms. The van der Waals surface area contributed by atoms with Gasteiger partial charge in [0.1, 0.15) is 6.61 Å². The molecule has 1 saturated heterocycles. The lowest BCUT2D eigenvalue weighted by Crippen LogP contribution is -2.06. The van der Waals surface area contributed by atoms with Crippen molar-refractivity contribution in [2.24, 2.45) is 0 Å². The lowest BCUT2D eigenvalue weighted by Gasteiger charge is -2.05. The van der Waals surface area contributed by atoms with Gasteiger partial charge in [-0.15, -0.1) is 5.92 Å². The summed E-state index contributed by atoms with van der Waals surface area (Å²) in [6.07, 6.45) is 3.44. The van der Waals surface area contributed by atoms with Gasteiger partial charge in [0.2, 0.25) is 0 Å². The summed E-state index contributed by atoms with van der Waals surface area (Å²) in [7, 11) is 1.30. The van der Waals surface area contributed by atoms with Gasteiger partial charge in [-0.2, -0.15) is 0 Å². The molecule has 5 heteroatoms. The predicted molar refractivity (Wildman–Crippen MR) is 77.3 cm³/mol. The van der Waals surface area contributed by atoms with Gasteiger partial charge in [0.05, 0.1) is 28.8 Å². The average Bonchev–Trinajstić information content (AvgIpc) is 2.85. The van der Waals surface area contributed by atoms with Crippen LogP contribution in [0.3, 0.4) is 0 Å². The first-order valence-corrected chi connectivity index (χ1v) is 8.77. The second-order valence-electron chi connectivity index (χ2n) is 3.27. The molecule has 1 rings (SSSR count). The van der Waals surface area contributed by atoms with E-state index in [0.29, 0.717) is 13.0 Å². The molecule has 94 valence electrons. The Morgan fingerprint density at radius 3 is 2.71 bits per heavy atom. The van der Waals surface area contributed by atoms with Gasteiger partial charge in [0.25, 0.3) is 0 Å². The van der Waals surface area contributed by atoms with Gasteiger partial charge < -0.3 is 9.47 Å². The molecule has 0 amide bonds. The van der Waals surface area contributed by atoms with Gasteiger partial charge in [0, 0.05) is 27.6 Å². The van der Waals surface area contributed by atoms with Crippen molar-refractivity contribution in [2.45, 2.75) is 32.0 Å². The van der Waals surface area contributed by atoms with E-state index in [9.17, 15) is 0 Å². The van der Waals surface area contributed by atoms with E-state index in [-0.39, 0.29) is 6.29 Å². The van der Waals surface area contributed by atoms with Crippen LogP contribution in [0.15, 0.2) is 0 Å². The fraction of sp³-hybridized carbons (Fsp3) is 0.667. The number of hydrogen-bond acceptors (Lipinski definition) is 4. The Hall–Kier alpha value is 0.0800. The third-order valence-corrected chi connectivity index (χ3v) is 3.00. The van der Waals surface area contributed by atoms with E-state index in [1.807, 2.05) is 0 Å². The monoisotopic (exact) mass is 366 g/mol. The Bertz CT molecular complexity index is 307. The van der Waals surface area contributed by atoms with Crippen LogP contribution >= 0.6 is 30.4 Å². The second kappa shape index (κ2) is 11.2. The molecule has 0 N–H and O–H groups in total. The molecule has 0 radical (unpaired) electrons. The minimum absolute atomic E-state index is 0.000447. The number of ether oxygens (including phenoxy) is 2. The molecule has 0 atom stereocenters. The number of halogens is 1. The van der Waals surface area contributed by atoms with Gasteiger partial charge >= 0.3 is 0 Å². The van der Waals surface area contributed by atoms with E-state index in [2.05, 4.69) is 44.9 Å². The second-order valence-corrected chi connectivity index (χ2v) is 4.71. The van der Waals surface area contributed by atoms with Crippen LogP contribution < -0.4 is 0 Å². The van der Waals surface area contributed by atoms with Crippen molar-refractivity contribution in [1.29, 1.82) is 0 Å². The first kappa shape index (κ1) is 15.1. The van der Waals surface area contributed by atoms with Crippen molar-refractivity contribution < 1.29 is 13.7 Å². The highest BCUT2D eigenvalue weighted by molar-refractivity contribution is 14.2. The zero-order valence-corrected chi connectivity index (χ0v) is 12.5. The van der Waals surface area contributed by atoms with Gasteiger partial charge in [-0.05, 0) is 12.8 Å². The molecule has 0 aromatic rings. The third-order valence-electron chi connectivity index (χ3n) is 2.03. The SMILES string of the molecule is ISOCC#CCC#CCCCC1OCCO1. The quantitative estimate of drug-likeness (QED) is 0.324. The van der Waals surface area contributed by atoms with E-state index >= 15 is 0 Å². The van der Waals surface area contributed by atoms with Gasteiger partial charge in [-0.25, -0.2) is 0 Å². The maximum atomic E-state index is 5.33. The molecule has 0 spiro atoms. The summed E-state index contributed by atoms with van der Waals surface area (Å²) in [5.74, 6) is 11.9. The Kier molecular flexibility index (Phi) is 9.96. The third kappa shape index (κ3) is 8.76. The molecule has 0 aromatic heterocycles. The Morgan fingerprint density at radius 1 is 1.18 bits per heavy atom. The van der Waals surface area contributed by atoms with Crippen molar-refractivity contribution in [3.05, 3.63) is 0 Å². The zero-order chi connectivity index (χ0) is 12.2. The zero-order valence-electron chi connectivity index (χ0n) is 9.54. The fourth-order valence-corrected chi connectivity index (χ4v) is 1.78. The van der Waals surface area contributed by atoms with Crippen LogP contribution in [-0.2, 0) is 13.7 Å². The molecular weight excluding hydrogens is 351 g/mol. The number of unbranched alkanes of at least 4 members (excludes halogenated alkanes) is 1. The van der Waals surface area contributed by atoms with Crippen molar-refractivity contribution >= 4 is 30.4 Å². The first-order valence-electron chi connectivity index (χ1n) is 5.48. The molecule has 0 saturated carbocycles. The fourth-order valence-electron chi connectivity index (χ4n) is 1.29. The van der Waals surface area contributed by atoms with Crippen molar-refractivity contribution in [2.75, 3.05) is 19.8 Å². The van der Waals surface area contributed by atoms with Gasteiger partial charge in [-0.3, -0.25) is 4.18 Å². The smallest absolute Gasteiger partial charge is 0.157 e. The maximum Gasteiger partial charge on any atom is 0.157 e. The van der Waals surface area contributed by atoms with Crippen LogP contribution in [0.5, 0.6) is 0 Å². The molecule has 0 aromatic carbocycles. The highest BCUT2D eigenvalue weighted by Gasteiger charge is 2.14. The topological polar surface area (TPSA) is 27.7 Å². The van der Waals surface area contributed by atoms with Crippen molar-refractivity contribution in [3.8, 4) is 23.7 Å². The highest BCUT2D eigenvalue weighted by Crippen LogP contribution is 2.11. The van der Waals surface area contributed by atoms with E-state index in [0.717, 1.165) is 32.5 Å². The van der Waals surface area contributed by atoms with Crippen LogP contribution in [0, 0.1) is 23.7 Å².